The molecule has 0 bridgehead atoms. The average molecular weight is 236 g/mol. The van der Waals surface area contributed by atoms with Crippen molar-refractivity contribution in [2.75, 3.05) is 13.1 Å². The van der Waals surface area contributed by atoms with E-state index in [1.165, 1.54) is 19.3 Å². The monoisotopic (exact) mass is 235 g/mol. The molecule has 2 rings (SSSR count). The zero-order chi connectivity index (χ0) is 9.80. The molecule has 0 aromatic carbocycles. The van der Waals surface area contributed by atoms with Gasteiger partial charge in [-0.15, -0.1) is 12.4 Å². The zero-order valence-corrected chi connectivity index (χ0v) is 10.2. The molecule has 0 amide bonds. The Bertz CT molecular complexity index is 147. The molecule has 1 aliphatic heterocycles. The predicted octanol–water partition coefficient (Wildman–Crippen LogP) is 3.33. The summed E-state index contributed by atoms with van der Waals surface area (Å²) in [6.45, 7) is 2.01. The van der Waals surface area contributed by atoms with E-state index in [-0.39, 0.29) is 12.4 Å². The van der Waals surface area contributed by atoms with Gasteiger partial charge in [-0.05, 0) is 38.1 Å². The summed E-state index contributed by atoms with van der Waals surface area (Å²) >= 11 is 0. The largest absolute Gasteiger partial charge is 0.316 e. The molecule has 1 aliphatic carbocycles. The fourth-order valence-corrected chi connectivity index (χ4v) is 2.99. The Morgan fingerprint density at radius 1 is 0.933 bits per heavy atom. The van der Waals surface area contributed by atoms with Gasteiger partial charge in [0.2, 0.25) is 0 Å². The third-order valence-electron chi connectivity index (χ3n) is 3.89. The molecule has 1 saturated carbocycles. The molecule has 1 nitrogen and oxygen atoms in total. The lowest BCUT2D eigenvalue weighted by atomic mass is 9.79. The molecule has 3 heteroatoms. The molecule has 0 radical (unpaired) electrons. The van der Waals surface area contributed by atoms with E-state index in [1.54, 1.807) is 0 Å². The van der Waals surface area contributed by atoms with E-state index in [0.717, 1.165) is 38.8 Å². The van der Waals surface area contributed by atoms with Crippen molar-refractivity contribution in [1.29, 1.82) is 0 Å². The van der Waals surface area contributed by atoms with E-state index < -0.39 is 6.17 Å². The average Bonchev–Trinajstić information content (AvgIpc) is 2.30. The fourth-order valence-electron chi connectivity index (χ4n) is 2.99. The van der Waals surface area contributed by atoms with Crippen LogP contribution >= 0.6 is 12.4 Å². The van der Waals surface area contributed by atoms with Crippen LogP contribution in [0.1, 0.15) is 44.9 Å². The Labute approximate surface area is 98.6 Å². The fraction of sp³-hybridized carbons (Fsp3) is 1.00. The van der Waals surface area contributed by atoms with Crippen molar-refractivity contribution in [3.63, 3.8) is 0 Å². The minimum absolute atomic E-state index is 0. The van der Waals surface area contributed by atoms with Gasteiger partial charge in [-0.25, -0.2) is 4.39 Å². The first-order valence-electron chi connectivity index (χ1n) is 6.22. The van der Waals surface area contributed by atoms with Gasteiger partial charge in [-0.2, -0.15) is 0 Å². The van der Waals surface area contributed by atoms with Crippen LogP contribution in [0.4, 0.5) is 4.39 Å². The smallest absolute Gasteiger partial charge is 0.107 e. The van der Waals surface area contributed by atoms with Crippen LogP contribution in [0.2, 0.25) is 0 Å². The molecule has 1 heterocycles. The first-order valence-corrected chi connectivity index (χ1v) is 6.22. The zero-order valence-electron chi connectivity index (χ0n) is 9.38. The van der Waals surface area contributed by atoms with Gasteiger partial charge in [0, 0.05) is 12.5 Å². The Morgan fingerprint density at radius 3 is 2.20 bits per heavy atom. The van der Waals surface area contributed by atoms with Gasteiger partial charge >= 0.3 is 0 Å². The van der Waals surface area contributed by atoms with E-state index in [1.807, 2.05) is 0 Å². The predicted molar refractivity (Wildman–Crippen MR) is 64.3 cm³/mol. The molecule has 90 valence electrons. The van der Waals surface area contributed by atoms with Crippen LogP contribution in [-0.4, -0.2) is 19.3 Å². The highest BCUT2D eigenvalue weighted by atomic mass is 35.5. The highest BCUT2D eigenvalue weighted by molar-refractivity contribution is 5.85. The summed E-state index contributed by atoms with van der Waals surface area (Å²) in [7, 11) is 0. The van der Waals surface area contributed by atoms with Crippen LogP contribution in [-0.2, 0) is 0 Å². The first kappa shape index (κ1) is 13.2. The molecule has 1 saturated heterocycles. The molecular formula is C12H23ClFN. The summed E-state index contributed by atoms with van der Waals surface area (Å²) in [5.41, 5.74) is 0. The van der Waals surface area contributed by atoms with Gasteiger partial charge in [-0.3, -0.25) is 0 Å². The number of piperidine rings is 1. The number of halogens is 2. The number of hydrogen-bond donors (Lipinski definition) is 1. The second kappa shape index (κ2) is 6.70. The van der Waals surface area contributed by atoms with E-state index >= 15 is 0 Å². The Hall–Kier alpha value is 0.180. The summed E-state index contributed by atoms with van der Waals surface area (Å²) in [4.78, 5) is 0. The molecule has 0 spiro atoms. The van der Waals surface area contributed by atoms with E-state index in [4.69, 9.17) is 0 Å². The van der Waals surface area contributed by atoms with Crippen LogP contribution in [0, 0.1) is 11.8 Å². The maximum Gasteiger partial charge on any atom is 0.107 e. The van der Waals surface area contributed by atoms with Crippen molar-refractivity contribution in [3.8, 4) is 0 Å². The molecule has 1 N–H and O–H groups in total. The second-order valence-electron chi connectivity index (χ2n) is 4.95. The molecule has 2 fully saturated rings. The molecule has 2 unspecified atom stereocenters. The molecule has 2 aliphatic rings. The van der Waals surface area contributed by atoms with Crippen molar-refractivity contribution in [2.24, 2.45) is 11.8 Å². The highest BCUT2D eigenvalue weighted by Gasteiger charge is 2.31. The maximum atomic E-state index is 14.1. The number of hydrogen-bond acceptors (Lipinski definition) is 1. The minimum atomic E-state index is -0.525. The van der Waals surface area contributed by atoms with Gasteiger partial charge in [0.15, 0.2) is 0 Å². The summed E-state index contributed by atoms with van der Waals surface area (Å²) in [6, 6.07) is 0. The van der Waals surface area contributed by atoms with Crippen LogP contribution in [0.15, 0.2) is 0 Å². The highest BCUT2D eigenvalue weighted by Crippen LogP contribution is 2.33. The molecule has 2 atom stereocenters. The second-order valence-corrected chi connectivity index (χ2v) is 4.95. The third kappa shape index (κ3) is 3.60. The SMILES string of the molecule is Cl.FC(C1CCCCC1)C1CCCNC1. The Kier molecular flexibility index (Phi) is 5.91. The molecular weight excluding hydrogens is 213 g/mol. The van der Waals surface area contributed by atoms with Gasteiger partial charge in [0.1, 0.15) is 6.17 Å². The summed E-state index contributed by atoms with van der Waals surface area (Å²) in [5, 5.41) is 3.31. The van der Waals surface area contributed by atoms with Gasteiger partial charge in [0.25, 0.3) is 0 Å². The molecule has 0 aromatic heterocycles. The van der Waals surface area contributed by atoms with Crippen LogP contribution in [0.3, 0.4) is 0 Å². The van der Waals surface area contributed by atoms with Gasteiger partial charge in [0.05, 0.1) is 0 Å². The summed E-state index contributed by atoms with van der Waals surface area (Å²) in [5.74, 6) is 0.695. The first-order chi connectivity index (χ1) is 6.88. The lowest BCUT2D eigenvalue weighted by Crippen LogP contribution is -2.38. The topological polar surface area (TPSA) is 12.0 Å². The van der Waals surface area contributed by atoms with Crippen LogP contribution < -0.4 is 5.32 Å². The van der Waals surface area contributed by atoms with Crippen molar-refractivity contribution >= 4 is 12.4 Å². The van der Waals surface area contributed by atoms with Gasteiger partial charge in [-0.1, -0.05) is 19.3 Å². The summed E-state index contributed by atoms with van der Waals surface area (Å²) in [6.07, 6.45) is 7.85. The molecule has 0 aromatic rings. The maximum absolute atomic E-state index is 14.1. The van der Waals surface area contributed by atoms with Crippen LogP contribution in [0.5, 0.6) is 0 Å². The summed E-state index contributed by atoms with van der Waals surface area (Å²) < 4.78 is 14.1. The van der Waals surface area contributed by atoms with Crippen LogP contribution in [0.25, 0.3) is 0 Å². The molecule has 15 heavy (non-hydrogen) atoms. The lowest BCUT2D eigenvalue weighted by Gasteiger charge is -2.32. The minimum Gasteiger partial charge on any atom is -0.316 e. The van der Waals surface area contributed by atoms with E-state index in [2.05, 4.69) is 5.32 Å². The third-order valence-corrected chi connectivity index (χ3v) is 3.89. The number of alkyl halides is 1. The van der Waals surface area contributed by atoms with Crippen molar-refractivity contribution in [1.82, 2.24) is 5.32 Å². The van der Waals surface area contributed by atoms with E-state index in [9.17, 15) is 4.39 Å². The normalized spacial score (nSPS) is 30.6. The number of rotatable bonds is 2. The van der Waals surface area contributed by atoms with Crippen molar-refractivity contribution in [2.45, 2.75) is 51.1 Å². The van der Waals surface area contributed by atoms with Crippen molar-refractivity contribution in [3.05, 3.63) is 0 Å². The Balaban J connectivity index is 0.00000112. The van der Waals surface area contributed by atoms with E-state index in [0.29, 0.717) is 11.8 Å². The van der Waals surface area contributed by atoms with Crippen molar-refractivity contribution < 1.29 is 4.39 Å². The quantitative estimate of drug-likeness (QED) is 0.774. The number of nitrogens with one attached hydrogen (secondary N) is 1. The lowest BCUT2D eigenvalue weighted by molar-refractivity contribution is 0.102. The standard InChI is InChI=1S/C12H22FN.ClH/c13-12(10-5-2-1-3-6-10)11-7-4-8-14-9-11;/h10-12,14H,1-9H2;1H. The Morgan fingerprint density at radius 2 is 1.60 bits per heavy atom. The van der Waals surface area contributed by atoms with Gasteiger partial charge < -0.3 is 5.32 Å².